The predicted octanol–water partition coefficient (Wildman–Crippen LogP) is 5.31. The van der Waals surface area contributed by atoms with Crippen LogP contribution >= 0.6 is 0 Å². The maximum Gasteiger partial charge on any atom is 0.338 e. The fraction of sp³-hybridized carbons (Fsp3) is 0.267. The Morgan fingerprint density at radius 3 is 2.47 bits per heavy atom. The molecular formula is C30H30N2O6. The number of amides is 1. The van der Waals surface area contributed by atoms with Gasteiger partial charge in [0, 0.05) is 23.6 Å². The second-order valence-electron chi connectivity index (χ2n) is 9.37. The summed E-state index contributed by atoms with van der Waals surface area (Å²) in [5.74, 6) is -1.66. The molecule has 1 atom stereocenters. The van der Waals surface area contributed by atoms with Crippen LogP contribution in [0.3, 0.4) is 0 Å². The van der Waals surface area contributed by atoms with E-state index in [0.29, 0.717) is 41.3 Å². The van der Waals surface area contributed by atoms with E-state index in [1.807, 2.05) is 20.8 Å². The van der Waals surface area contributed by atoms with Gasteiger partial charge in [0.25, 0.3) is 11.7 Å². The minimum absolute atomic E-state index is 0.0592. The summed E-state index contributed by atoms with van der Waals surface area (Å²) < 4.78 is 11.0. The molecule has 1 aliphatic heterocycles. The Hall–Kier alpha value is -4.46. The van der Waals surface area contributed by atoms with Crippen molar-refractivity contribution in [3.8, 4) is 5.75 Å². The van der Waals surface area contributed by atoms with Crippen LogP contribution in [-0.2, 0) is 14.3 Å². The van der Waals surface area contributed by atoms with Crippen molar-refractivity contribution >= 4 is 29.1 Å². The van der Waals surface area contributed by atoms with Crippen LogP contribution in [0.1, 0.15) is 54.7 Å². The maximum absolute atomic E-state index is 13.3. The average molecular weight is 515 g/mol. The quantitative estimate of drug-likeness (QED) is 0.179. The van der Waals surface area contributed by atoms with Crippen LogP contribution in [0.15, 0.2) is 78.6 Å². The first kappa shape index (κ1) is 26.6. The molecule has 1 saturated heterocycles. The lowest BCUT2D eigenvalue weighted by atomic mass is 9.96. The molecule has 1 amide bonds. The van der Waals surface area contributed by atoms with E-state index in [9.17, 15) is 19.5 Å². The van der Waals surface area contributed by atoms with Gasteiger partial charge < -0.3 is 14.6 Å². The Morgan fingerprint density at radius 2 is 1.82 bits per heavy atom. The van der Waals surface area contributed by atoms with Crippen molar-refractivity contribution in [2.45, 2.75) is 33.2 Å². The number of hydrogen-bond acceptors (Lipinski definition) is 7. The molecule has 8 heteroatoms. The van der Waals surface area contributed by atoms with E-state index in [0.717, 1.165) is 6.42 Å². The molecule has 2 aromatic carbocycles. The number of ketones is 1. The number of pyridine rings is 1. The van der Waals surface area contributed by atoms with E-state index < -0.39 is 23.7 Å². The van der Waals surface area contributed by atoms with Crippen molar-refractivity contribution in [2.24, 2.45) is 5.92 Å². The molecule has 0 aliphatic carbocycles. The molecule has 0 bridgehead atoms. The first-order valence-corrected chi connectivity index (χ1v) is 12.5. The lowest BCUT2D eigenvalue weighted by Gasteiger charge is -2.25. The largest absolute Gasteiger partial charge is 0.507 e. The number of benzene rings is 2. The van der Waals surface area contributed by atoms with Gasteiger partial charge >= 0.3 is 5.97 Å². The van der Waals surface area contributed by atoms with E-state index in [1.54, 1.807) is 73.1 Å². The summed E-state index contributed by atoms with van der Waals surface area (Å²) in [5, 5.41) is 11.3. The number of rotatable bonds is 9. The normalized spacial score (nSPS) is 16.6. The molecule has 1 aliphatic rings. The molecule has 0 spiro atoms. The minimum Gasteiger partial charge on any atom is -0.507 e. The van der Waals surface area contributed by atoms with E-state index in [2.05, 4.69) is 4.98 Å². The number of nitrogens with zero attached hydrogens (tertiary/aromatic N) is 2. The summed E-state index contributed by atoms with van der Waals surface area (Å²) in [5.41, 5.74) is 1.56. The number of aliphatic hydroxyl groups excluding tert-OH is 1. The minimum atomic E-state index is -0.928. The summed E-state index contributed by atoms with van der Waals surface area (Å²) in [6.07, 6.45) is 3.95. The topological polar surface area (TPSA) is 106 Å². The molecule has 1 unspecified atom stereocenters. The van der Waals surface area contributed by atoms with Crippen molar-refractivity contribution in [1.82, 2.24) is 4.98 Å². The van der Waals surface area contributed by atoms with Crippen LogP contribution in [0.25, 0.3) is 5.76 Å². The van der Waals surface area contributed by atoms with Crippen LogP contribution in [0.2, 0.25) is 0 Å². The van der Waals surface area contributed by atoms with Gasteiger partial charge in [0.1, 0.15) is 11.5 Å². The Labute approximate surface area is 221 Å². The molecule has 3 aromatic rings. The third-order valence-electron chi connectivity index (χ3n) is 5.95. The highest BCUT2D eigenvalue weighted by Gasteiger charge is 2.47. The number of ether oxygens (including phenoxy) is 2. The SMILES string of the molecule is CCCOc1cccc(/C(O)=C2\C(=O)C(=O)N(c3ccc(C(=O)OCC(C)C)cc3)C2c2cccnc2)c1. The van der Waals surface area contributed by atoms with Crippen molar-refractivity contribution in [3.05, 3.63) is 95.3 Å². The van der Waals surface area contributed by atoms with Gasteiger partial charge in [-0.1, -0.05) is 39.0 Å². The number of anilines is 1. The van der Waals surface area contributed by atoms with Crippen LogP contribution in [0.4, 0.5) is 5.69 Å². The lowest BCUT2D eigenvalue weighted by Crippen LogP contribution is -2.29. The number of aliphatic hydroxyl groups is 1. The lowest BCUT2D eigenvalue weighted by molar-refractivity contribution is -0.132. The number of Topliss-reactive ketones (excluding diaryl/α,β-unsaturated/α-hetero) is 1. The third-order valence-corrected chi connectivity index (χ3v) is 5.95. The fourth-order valence-electron chi connectivity index (χ4n) is 4.14. The second kappa shape index (κ2) is 11.7. The van der Waals surface area contributed by atoms with Gasteiger partial charge in [-0.05, 0) is 60.4 Å². The molecule has 2 heterocycles. The molecule has 0 saturated carbocycles. The molecule has 0 radical (unpaired) electrons. The van der Waals surface area contributed by atoms with Crippen LogP contribution in [-0.4, -0.2) is 41.0 Å². The number of aromatic nitrogens is 1. The summed E-state index contributed by atoms with van der Waals surface area (Å²) in [6.45, 7) is 6.67. The average Bonchev–Trinajstić information content (AvgIpc) is 3.20. The fourth-order valence-corrected chi connectivity index (χ4v) is 4.14. The van der Waals surface area contributed by atoms with Gasteiger partial charge in [-0.25, -0.2) is 4.79 Å². The van der Waals surface area contributed by atoms with Crippen molar-refractivity contribution in [1.29, 1.82) is 0 Å². The van der Waals surface area contributed by atoms with Gasteiger partial charge in [-0.15, -0.1) is 0 Å². The first-order chi connectivity index (χ1) is 18.3. The molecule has 1 N–H and O–H groups in total. The maximum atomic E-state index is 13.3. The summed E-state index contributed by atoms with van der Waals surface area (Å²) in [4.78, 5) is 44.5. The summed E-state index contributed by atoms with van der Waals surface area (Å²) >= 11 is 0. The zero-order valence-corrected chi connectivity index (χ0v) is 21.6. The summed E-state index contributed by atoms with van der Waals surface area (Å²) in [6, 6.07) is 15.5. The van der Waals surface area contributed by atoms with E-state index >= 15 is 0 Å². The number of carbonyl (C=O) groups is 3. The highest BCUT2D eigenvalue weighted by atomic mass is 16.5. The first-order valence-electron chi connectivity index (χ1n) is 12.5. The number of carbonyl (C=O) groups excluding carboxylic acids is 3. The standard InChI is InChI=1S/C30H30N2O6/c1-4-15-37-24-9-5-7-21(16-24)27(33)25-26(22-8-6-14-31-17-22)32(29(35)28(25)34)23-12-10-20(11-13-23)30(36)38-18-19(2)3/h5-14,16-17,19,26,33H,4,15,18H2,1-3H3/b27-25+. The van der Waals surface area contributed by atoms with E-state index in [1.165, 1.54) is 4.90 Å². The van der Waals surface area contributed by atoms with Crippen molar-refractivity contribution < 1.29 is 29.0 Å². The van der Waals surface area contributed by atoms with Gasteiger partial charge in [0.05, 0.1) is 30.4 Å². The second-order valence-corrected chi connectivity index (χ2v) is 9.37. The molecular weight excluding hydrogens is 484 g/mol. The summed E-state index contributed by atoms with van der Waals surface area (Å²) in [7, 11) is 0. The molecule has 1 aromatic heterocycles. The van der Waals surface area contributed by atoms with Crippen LogP contribution < -0.4 is 9.64 Å². The molecule has 8 nitrogen and oxygen atoms in total. The molecule has 196 valence electrons. The van der Waals surface area contributed by atoms with Gasteiger partial charge in [0.15, 0.2) is 0 Å². The monoisotopic (exact) mass is 514 g/mol. The van der Waals surface area contributed by atoms with Crippen molar-refractivity contribution in [2.75, 3.05) is 18.1 Å². The van der Waals surface area contributed by atoms with Crippen molar-refractivity contribution in [3.63, 3.8) is 0 Å². The third kappa shape index (κ3) is 5.59. The molecule has 4 rings (SSSR count). The van der Waals surface area contributed by atoms with Gasteiger partial charge in [-0.3, -0.25) is 19.5 Å². The molecule has 38 heavy (non-hydrogen) atoms. The highest BCUT2D eigenvalue weighted by Crippen LogP contribution is 2.42. The zero-order chi connectivity index (χ0) is 27.2. The van der Waals surface area contributed by atoms with E-state index in [4.69, 9.17) is 9.47 Å². The zero-order valence-electron chi connectivity index (χ0n) is 21.6. The molecule has 1 fully saturated rings. The number of hydrogen-bond donors (Lipinski definition) is 1. The number of esters is 1. The van der Waals surface area contributed by atoms with Crippen LogP contribution in [0, 0.1) is 5.92 Å². The Bertz CT molecular complexity index is 1350. The van der Waals surface area contributed by atoms with Gasteiger partial charge in [0.2, 0.25) is 0 Å². The smallest absolute Gasteiger partial charge is 0.338 e. The Morgan fingerprint density at radius 1 is 1.05 bits per heavy atom. The van der Waals surface area contributed by atoms with Gasteiger partial charge in [-0.2, -0.15) is 0 Å². The Kier molecular flexibility index (Phi) is 8.21. The van der Waals surface area contributed by atoms with E-state index in [-0.39, 0.29) is 17.3 Å². The Balaban J connectivity index is 1.76. The highest BCUT2D eigenvalue weighted by molar-refractivity contribution is 6.51. The van der Waals surface area contributed by atoms with Crippen LogP contribution in [0.5, 0.6) is 5.75 Å². The predicted molar refractivity (Wildman–Crippen MR) is 143 cm³/mol.